The first-order valence-corrected chi connectivity index (χ1v) is 12.8. The highest BCUT2D eigenvalue weighted by atomic mass is 32.3. The largest absolute Gasteiger partial charge is 0.375 e. The molecule has 33 heavy (non-hydrogen) atoms. The van der Waals surface area contributed by atoms with Crippen molar-refractivity contribution in [3.63, 3.8) is 0 Å². The summed E-state index contributed by atoms with van der Waals surface area (Å²) >= 11 is 0. The van der Waals surface area contributed by atoms with Crippen molar-refractivity contribution in [3.05, 3.63) is 65.5 Å². The Labute approximate surface area is 196 Å². The summed E-state index contributed by atoms with van der Waals surface area (Å²) in [6.45, 7) is 6.54. The number of rotatable bonds is 4. The second-order valence-corrected chi connectivity index (χ2v) is 10.9. The second kappa shape index (κ2) is 9.99. The van der Waals surface area contributed by atoms with Gasteiger partial charge in [-0.25, -0.2) is 4.39 Å². The molecule has 2 aliphatic rings. The molecule has 2 aliphatic heterocycles. The Morgan fingerprint density at radius 2 is 1.82 bits per heavy atom. The molecular weight excluding hydrogens is 445 g/mol. The van der Waals surface area contributed by atoms with Crippen molar-refractivity contribution < 1.29 is 23.0 Å². The topological polar surface area (TPSA) is 76.5 Å². The third kappa shape index (κ3) is 5.33. The zero-order valence-corrected chi connectivity index (χ0v) is 19.9. The molecule has 180 valence electrons. The van der Waals surface area contributed by atoms with Gasteiger partial charge in [0.05, 0.1) is 12.7 Å². The number of benzene rings is 2. The van der Waals surface area contributed by atoms with Crippen LogP contribution in [0.15, 0.2) is 48.5 Å². The molecule has 2 saturated heterocycles. The number of amides is 1. The van der Waals surface area contributed by atoms with Gasteiger partial charge in [-0.15, -0.1) is 10.8 Å². The molecule has 0 radical (unpaired) electrons. The van der Waals surface area contributed by atoms with Crippen LogP contribution in [0.5, 0.6) is 0 Å². The number of hydrogen-bond acceptors (Lipinski definition) is 6. The number of carbonyl (C=O) groups is 1. The number of halogens is 1. The van der Waals surface area contributed by atoms with E-state index in [2.05, 4.69) is 4.90 Å². The molecule has 0 aliphatic carbocycles. The van der Waals surface area contributed by atoms with Crippen LogP contribution in [0.3, 0.4) is 0 Å². The lowest BCUT2D eigenvalue weighted by Gasteiger charge is -2.46. The number of hydrogen-bond donors (Lipinski definition) is 2. The molecule has 2 N–H and O–H groups in total. The highest BCUT2D eigenvalue weighted by molar-refractivity contribution is 8.22. The van der Waals surface area contributed by atoms with Crippen LogP contribution in [0.1, 0.15) is 30.2 Å². The van der Waals surface area contributed by atoms with Crippen LogP contribution < -0.4 is 4.90 Å². The number of anilines is 1. The van der Waals surface area contributed by atoms with Gasteiger partial charge in [-0.05, 0) is 24.6 Å². The van der Waals surface area contributed by atoms with Crippen molar-refractivity contribution in [2.75, 3.05) is 44.2 Å². The molecule has 2 heterocycles. The van der Waals surface area contributed by atoms with E-state index < -0.39 is 16.0 Å². The average Bonchev–Trinajstić information content (AvgIpc) is 2.91. The first kappa shape index (κ1) is 24.0. The van der Waals surface area contributed by atoms with Crippen molar-refractivity contribution in [2.45, 2.75) is 31.7 Å². The molecule has 7 nitrogen and oxygen atoms in total. The second-order valence-electron chi connectivity index (χ2n) is 8.70. The van der Waals surface area contributed by atoms with Crippen LogP contribution in [-0.4, -0.2) is 69.7 Å². The predicted molar refractivity (Wildman–Crippen MR) is 129 cm³/mol. The van der Waals surface area contributed by atoms with Gasteiger partial charge in [0.1, 0.15) is 11.1 Å². The molecular formula is C24H32FN3O4S. The third-order valence-electron chi connectivity index (χ3n) is 6.40. The standard InChI is InChI=1S/C24H32FN3O4S/c1-18-15-28(33(30,31)24(17-32-18)20-6-4-3-5-7-20)16-21-8-9-22(14-23(21)25)27-12-10-26(11-13-27)19(2)29/h3-9,14,18,24,30-31H,10-13,15-17H2,1-2H3/t18-,24?/m1/s1. The van der Waals surface area contributed by atoms with Crippen molar-refractivity contribution in [2.24, 2.45) is 0 Å². The molecule has 2 atom stereocenters. The third-order valence-corrected chi connectivity index (χ3v) is 8.61. The van der Waals surface area contributed by atoms with Crippen molar-refractivity contribution in [3.8, 4) is 0 Å². The lowest BCUT2D eigenvalue weighted by Crippen LogP contribution is -2.48. The van der Waals surface area contributed by atoms with E-state index in [-0.39, 0.29) is 31.0 Å². The maximum atomic E-state index is 15.1. The molecule has 0 bridgehead atoms. The highest BCUT2D eigenvalue weighted by Crippen LogP contribution is 2.58. The minimum Gasteiger partial charge on any atom is -0.375 e. The van der Waals surface area contributed by atoms with E-state index in [9.17, 15) is 13.9 Å². The van der Waals surface area contributed by atoms with Crippen LogP contribution in [0.4, 0.5) is 10.1 Å². The molecule has 2 aromatic rings. The Hall–Kier alpha value is -2.17. The molecule has 4 rings (SSSR count). The minimum absolute atomic E-state index is 0.0552. The van der Waals surface area contributed by atoms with Crippen LogP contribution in [0, 0.1) is 5.82 Å². The maximum Gasteiger partial charge on any atom is 0.219 e. The summed E-state index contributed by atoms with van der Waals surface area (Å²) in [6, 6.07) is 14.4. The summed E-state index contributed by atoms with van der Waals surface area (Å²) in [5.41, 5.74) is 1.96. The highest BCUT2D eigenvalue weighted by Gasteiger charge is 2.38. The van der Waals surface area contributed by atoms with E-state index >= 15 is 4.39 Å². The van der Waals surface area contributed by atoms with Crippen molar-refractivity contribution in [1.82, 2.24) is 9.21 Å². The monoisotopic (exact) mass is 477 g/mol. The van der Waals surface area contributed by atoms with Gasteiger partial charge >= 0.3 is 0 Å². The molecule has 9 heteroatoms. The predicted octanol–water partition coefficient (Wildman–Crippen LogP) is 4.12. The van der Waals surface area contributed by atoms with E-state index in [1.54, 1.807) is 22.2 Å². The zero-order valence-electron chi connectivity index (χ0n) is 19.1. The first-order valence-electron chi connectivity index (χ1n) is 11.2. The molecule has 1 amide bonds. The van der Waals surface area contributed by atoms with Gasteiger partial charge in [-0.2, -0.15) is 4.31 Å². The molecule has 1 unspecified atom stereocenters. The van der Waals surface area contributed by atoms with Crippen molar-refractivity contribution >= 4 is 22.4 Å². The van der Waals surface area contributed by atoms with E-state index in [1.165, 1.54) is 6.07 Å². The van der Waals surface area contributed by atoms with Gasteiger partial charge in [0.25, 0.3) is 0 Å². The Morgan fingerprint density at radius 1 is 1.12 bits per heavy atom. The first-order chi connectivity index (χ1) is 15.8. The van der Waals surface area contributed by atoms with Gasteiger partial charge in [0, 0.05) is 57.4 Å². The molecule has 0 aromatic heterocycles. The average molecular weight is 478 g/mol. The SMILES string of the molecule is CC(=O)N1CCN(c2ccc(CN3C[C@@H](C)OCC(c4ccccc4)S3(O)O)c(F)c2)CC1. The van der Waals surface area contributed by atoms with Crippen LogP contribution >= 0.6 is 10.8 Å². The van der Waals surface area contributed by atoms with Gasteiger partial charge < -0.3 is 14.5 Å². The fourth-order valence-corrected chi connectivity index (χ4v) is 6.31. The fourth-order valence-electron chi connectivity index (χ4n) is 4.41. The Balaban J connectivity index is 1.51. The van der Waals surface area contributed by atoms with E-state index in [0.29, 0.717) is 38.3 Å². The number of piperazine rings is 1. The fraction of sp³-hybridized carbons (Fsp3) is 0.458. The summed E-state index contributed by atoms with van der Waals surface area (Å²) in [4.78, 5) is 15.4. The smallest absolute Gasteiger partial charge is 0.219 e. The van der Waals surface area contributed by atoms with E-state index in [1.807, 2.05) is 43.3 Å². The summed E-state index contributed by atoms with van der Waals surface area (Å²) in [6.07, 6.45) is -0.218. The Morgan fingerprint density at radius 3 is 2.45 bits per heavy atom. The van der Waals surface area contributed by atoms with Crippen LogP contribution in [-0.2, 0) is 16.1 Å². The summed E-state index contributed by atoms with van der Waals surface area (Å²) in [5, 5.41) is -0.608. The van der Waals surface area contributed by atoms with E-state index in [4.69, 9.17) is 4.74 Å². The normalized spacial score (nSPS) is 24.9. The Bertz CT molecular complexity index is 969. The number of nitrogens with zero attached hydrogens (tertiary/aromatic N) is 3. The molecule has 2 fully saturated rings. The lowest BCUT2D eigenvalue weighted by molar-refractivity contribution is -0.129. The molecule has 0 spiro atoms. The maximum absolute atomic E-state index is 15.1. The number of ether oxygens (including phenoxy) is 1. The molecule has 0 saturated carbocycles. The summed E-state index contributed by atoms with van der Waals surface area (Å²) in [7, 11) is -3.25. The van der Waals surface area contributed by atoms with Gasteiger partial charge in [-0.1, -0.05) is 36.4 Å². The summed E-state index contributed by atoms with van der Waals surface area (Å²) in [5.74, 6) is -0.328. The van der Waals surface area contributed by atoms with Crippen LogP contribution in [0.25, 0.3) is 0 Å². The summed E-state index contributed by atoms with van der Waals surface area (Å²) < 4.78 is 45.0. The van der Waals surface area contributed by atoms with Crippen LogP contribution in [0.2, 0.25) is 0 Å². The van der Waals surface area contributed by atoms with Gasteiger partial charge in [0.15, 0.2) is 0 Å². The Kier molecular flexibility index (Phi) is 7.25. The van der Waals surface area contributed by atoms with E-state index in [0.717, 1.165) is 11.3 Å². The lowest BCUT2D eigenvalue weighted by atomic mass is 10.1. The quantitative estimate of drug-likeness (QED) is 0.690. The van der Waals surface area contributed by atoms with Gasteiger partial charge in [-0.3, -0.25) is 13.9 Å². The number of carbonyl (C=O) groups excluding carboxylic acids is 1. The zero-order chi connectivity index (χ0) is 23.6. The minimum atomic E-state index is -3.25. The molecule has 2 aromatic carbocycles. The van der Waals surface area contributed by atoms with Gasteiger partial charge in [0.2, 0.25) is 5.91 Å². The van der Waals surface area contributed by atoms with Crippen molar-refractivity contribution in [1.29, 1.82) is 0 Å².